The van der Waals surface area contributed by atoms with E-state index < -0.39 is 10.0 Å². The summed E-state index contributed by atoms with van der Waals surface area (Å²) in [7, 11) is -3.82. The monoisotopic (exact) mass is 552 g/mol. The number of halogens is 1. The number of benzene rings is 4. The molecule has 1 heterocycles. The summed E-state index contributed by atoms with van der Waals surface area (Å²) in [5.41, 5.74) is 3.07. The van der Waals surface area contributed by atoms with Crippen LogP contribution in [-0.4, -0.2) is 13.0 Å². The number of nitrogens with one attached hydrogen (secondary N) is 1. The largest absolute Gasteiger partial charge is 0.308 e. The number of rotatable bonds is 8. The molecule has 0 saturated carbocycles. The molecule has 0 atom stereocenters. The highest BCUT2D eigenvalue weighted by Gasteiger charge is 2.17. The van der Waals surface area contributed by atoms with E-state index in [0.29, 0.717) is 27.5 Å². The van der Waals surface area contributed by atoms with Gasteiger partial charge < -0.3 is 0 Å². The minimum Gasteiger partial charge on any atom is -0.294 e. The van der Waals surface area contributed by atoms with Crippen LogP contribution in [-0.2, 0) is 22.3 Å². The van der Waals surface area contributed by atoms with Gasteiger partial charge in [0.05, 0.1) is 21.7 Å². The first-order valence-corrected chi connectivity index (χ1v) is 14.7. The summed E-state index contributed by atoms with van der Waals surface area (Å²) in [6.45, 7) is 0.317. The van der Waals surface area contributed by atoms with Crippen molar-refractivity contribution in [2.45, 2.75) is 22.1 Å². The van der Waals surface area contributed by atoms with Crippen LogP contribution in [0.5, 0.6) is 0 Å². The Morgan fingerprint density at radius 3 is 2.36 bits per heavy atom. The van der Waals surface area contributed by atoms with E-state index in [-0.39, 0.29) is 9.77 Å². The lowest BCUT2D eigenvalue weighted by Crippen LogP contribution is -2.14. The minimum atomic E-state index is -3.82. The molecule has 0 aliphatic heterocycles. The molecule has 0 unspecified atom stereocenters. The molecule has 0 amide bonds. The van der Waals surface area contributed by atoms with Gasteiger partial charge in [-0.15, -0.1) is 11.8 Å². The lowest BCUT2D eigenvalue weighted by molar-refractivity contribution is 0.601. The quantitative estimate of drug-likeness (QED) is 0.214. The second-order valence-corrected chi connectivity index (χ2v) is 12.2. The zero-order chi connectivity index (χ0) is 25.1. The molecule has 0 aliphatic carbocycles. The fourth-order valence-corrected chi connectivity index (χ4v) is 6.89. The van der Waals surface area contributed by atoms with Crippen LogP contribution in [0.25, 0.3) is 10.2 Å². The molecular weight excluding hydrogens is 532 g/mol. The smallest absolute Gasteiger partial charge is 0.294 e. The summed E-state index contributed by atoms with van der Waals surface area (Å²) in [5.74, 6) is 0.789. The third kappa shape index (κ3) is 5.52. The van der Waals surface area contributed by atoms with Crippen LogP contribution in [0.1, 0.15) is 11.1 Å². The molecule has 1 aromatic heterocycles. The highest BCUT2D eigenvalue weighted by Crippen LogP contribution is 2.27. The van der Waals surface area contributed by atoms with Crippen LogP contribution >= 0.6 is 34.7 Å². The SMILES string of the molecule is O=c1sc2cc(S(=O)(=O)Nc3ccc(CSc4ccccc4)cc3)ccc2n1Cc1ccccc1Cl. The Balaban J connectivity index is 1.32. The Morgan fingerprint density at radius 2 is 1.61 bits per heavy atom. The van der Waals surface area contributed by atoms with E-state index in [0.717, 1.165) is 28.2 Å². The summed E-state index contributed by atoms with van der Waals surface area (Å²) in [4.78, 5) is 13.8. The number of thiazole rings is 1. The van der Waals surface area contributed by atoms with Gasteiger partial charge in [0.1, 0.15) is 0 Å². The molecule has 0 radical (unpaired) electrons. The maximum Gasteiger partial charge on any atom is 0.308 e. The molecule has 0 fully saturated rings. The normalized spacial score (nSPS) is 11.6. The highest BCUT2D eigenvalue weighted by atomic mass is 35.5. The predicted molar refractivity (Wildman–Crippen MR) is 150 cm³/mol. The molecule has 0 aliphatic rings. The Labute approximate surface area is 222 Å². The molecule has 5 aromatic rings. The first kappa shape index (κ1) is 24.6. The molecule has 0 saturated heterocycles. The highest BCUT2D eigenvalue weighted by molar-refractivity contribution is 7.98. The molecule has 0 spiro atoms. The van der Waals surface area contributed by atoms with Crippen LogP contribution in [0, 0.1) is 0 Å². The van der Waals surface area contributed by atoms with Gasteiger partial charge in [0.2, 0.25) is 0 Å². The molecule has 0 bridgehead atoms. The molecule has 5 rings (SSSR count). The summed E-state index contributed by atoms with van der Waals surface area (Å²) in [6, 6.07) is 29.5. The third-order valence-electron chi connectivity index (χ3n) is 5.59. The first-order valence-electron chi connectivity index (χ1n) is 11.1. The van der Waals surface area contributed by atoms with Gasteiger partial charge in [-0.25, -0.2) is 8.42 Å². The topological polar surface area (TPSA) is 68.2 Å². The van der Waals surface area contributed by atoms with Gasteiger partial charge >= 0.3 is 4.87 Å². The van der Waals surface area contributed by atoms with Crippen LogP contribution < -0.4 is 9.60 Å². The molecule has 9 heteroatoms. The Kier molecular flexibility index (Phi) is 7.20. The van der Waals surface area contributed by atoms with Gasteiger partial charge in [0.25, 0.3) is 10.0 Å². The van der Waals surface area contributed by atoms with Crippen molar-refractivity contribution >= 4 is 60.6 Å². The molecular formula is C27H21ClN2O3S3. The number of hydrogen-bond donors (Lipinski definition) is 1. The van der Waals surface area contributed by atoms with Crippen LogP contribution in [0.3, 0.4) is 0 Å². The van der Waals surface area contributed by atoms with Crippen molar-refractivity contribution in [2.75, 3.05) is 4.72 Å². The fraction of sp³-hybridized carbons (Fsp3) is 0.0741. The lowest BCUT2D eigenvalue weighted by Gasteiger charge is -2.10. The van der Waals surface area contributed by atoms with E-state index in [2.05, 4.69) is 16.9 Å². The van der Waals surface area contributed by atoms with Crippen molar-refractivity contribution in [3.8, 4) is 0 Å². The molecule has 182 valence electrons. The lowest BCUT2D eigenvalue weighted by atomic mass is 10.2. The van der Waals surface area contributed by atoms with Gasteiger partial charge in [-0.2, -0.15) is 0 Å². The Hall–Kier alpha value is -3.04. The zero-order valence-corrected chi connectivity index (χ0v) is 22.1. The number of sulfonamides is 1. The standard InChI is InChI=1S/C27H21ClN2O3S3/c28-24-9-5-4-6-20(24)17-30-25-15-14-23(16-26(25)35-27(30)31)36(32,33)29-21-12-10-19(11-13-21)18-34-22-7-2-1-3-8-22/h1-16,29H,17-18H2. The molecule has 36 heavy (non-hydrogen) atoms. The van der Waals surface area contributed by atoms with E-state index in [1.165, 1.54) is 17.0 Å². The van der Waals surface area contributed by atoms with E-state index in [1.54, 1.807) is 40.6 Å². The average Bonchev–Trinajstić information content (AvgIpc) is 3.19. The van der Waals surface area contributed by atoms with Crippen molar-refractivity contribution in [1.29, 1.82) is 0 Å². The van der Waals surface area contributed by atoms with Crippen molar-refractivity contribution in [1.82, 2.24) is 4.57 Å². The first-order chi connectivity index (χ1) is 17.4. The Bertz CT molecular complexity index is 1680. The number of aromatic nitrogens is 1. The molecule has 4 aromatic carbocycles. The van der Waals surface area contributed by atoms with Gasteiger partial charge in [0, 0.05) is 21.4 Å². The maximum absolute atomic E-state index is 13.1. The average molecular weight is 553 g/mol. The van der Waals surface area contributed by atoms with Crippen LogP contribution in [0.2, 0.25) is 5.02 Å². The zero-order valence-electron chi connectivity index (χ0n) is 18.9. The predicted octanol–water partition coefficient (Wildman–Crippen LogP) is 6.86. The van der Waals surface area contributed by atoms with Crippen molar-refractivity contribution in [2.24, 2.45) is 0 Å². The van der Waals surface area contributed by atoms with Gasteiger partial charge in [-0.1, -0.05) is 71.5 Å². The molecule has 5 nitrogen and oxygen atoms in total. The maximum atomic E-state index is 13.1. The number of fused-ring (bicyclic) bond motifs is 1. The summed E-state index contributed by atoms with van der Waals surface area (Å²) >= 11 is 9.00. The van der Waals surface area contributed by atoms with Crippen molar-refractivity contribution < 1.29 is 8.42 Å². The van der Waals surface area contributed by atoms with Crippen LogP contribution in [0.4, 0.5) is 5.69 Å². The molecule has 1 N–H and O–H groups in total. The Morgan fingerprint density at radius 1 is 0.889 bits per heavy atom. The van der Waals surface area contributed by atoms with Gasteiger partial charge in [-0.05, 0) is 59.7 Å². The van der Waals surface area contributed by atoms with E-state index in [4.69, 9.17) is 11.6 Å². The number of anilines is 1. The van der Waals surface area contributed by atoms with Gasteiger partial charge in [-0.3, -0.25) is 14.1 Å². The summed E-state index contributed by atoms with van der Waals surface area (Å²) in [5, 5.41) is 0.580. The minimum absolute atomic E-state index is 0.102. The van der Waals surface area contributed by atoms with E-state index >= 15 is 0 Å². The van der Waals surface area contributed by atoms with Crippen molar-refractivity contribution in [3.05, 3.63) is 123 Å². The number of nitrogens with zero attached hydrogens (tertiary/aromatic N) is 1. The second kappa shape index (κ2) is 10.5. The summed E-state index contributed by atoms with van der Waals surface area (Å²) < 4.78 is 31.0. The third-order valence-corrected chi connectivity index (χ3v) is 9.36. The van der Waals surface area contributed by atoms with E-state index in [9.17, 15) is 13.2 Å². The fourth-order valence-electron chi connectivity index (χ4n) is 3.73. The second-order valence-electron chi connectivity index (χ2n) is 8.08. The van der Waals surface area contributed by atoms with Crippen molar-refractivity contribution in [3.63, 3.8) is 0 Å². The number of hydrogen-bond acceptors (Lipinski definition) is 5. The number of thioether (sulfide) groups is 1. The van der Waals surface area contributed by atoms with E-state index in [1.807, 2.05) is 48.5 Å². The van der Waals surface area contributed by atoms with Gasteiger partial charge in [0.15, 0.2) is 0 Å². The van der Waals surface area contributed by atoms with Crippen LogP contribution in [0.15, 0.2) is 112 Å². The summed E-state index contributed by atoms with van der Waals surface area (Å²) in [6.07, 6.45) is 0.